The van der Waals surface area contributed by atoms with E-state index in [0.717, 1.165) is 56.7 Å². The summed E-state index contributed by atoms with van der Waals surface area (Å²) in [4.78, 5) is 29.3. The van der Waals surface area contributed by atoms with E-state index < -0.39 is 5.97 Å². The molecule has 0 radical (unpaired) electrons. The van der Waals surface area contributed by atoms with Gasteiger partial charge in [0.25, 0.3) is 0 Å². The number of rotatable bonds is 8. The normalized spacial score (nSPS) is 19.6. The summed E-state index contributed by atoms with van der Waals surface area (Å²) in [5.74, 6) is 0.459. The molecule has 2 aliphatic rings. The number of anilines is 1. The van der Waals surface area contributed by atoms with Crippen molar-refractivity contribution in [3.63, 3.8) is 0 Å². The van der Waals surface area contributed by atoms with E-state index in [0.29, 0.717) is 6.42 Å². The minimum absolute atomic E-state index is 0.0786. The highest BCUT2D eigenvalue weighted by atomic mass is 16.4. The van der Waals surface area contributed by atoms with Gasteiger partial charge in [0.2, 0.25) is 5.91 Å². The fourth-order valence-corrected chi connectivity index (χ4v) is 3.63. The summed E-state index contributed by atoms with van der Waals surface area (Å²) in [6.07, 6.45) is 9.96. The number of carboxylic acids is 1. The molecule has 0 spiro atoms. The van der Waals surface area contributed by atoms with Crippen LogP contribution < -0.4 is 5.32 Å². The fraction of sp³-hybridized carbons (Fsp3) is 0.550. The van der Waals surface area contributed by atoms with Gasteiger partial charge < -0.3 is 15.3 Å². The molecule has 0 aromatic carbocycles. The summed E-state index contributed by atoms with van der Waals surface area (Å²) in [5, 5.41) is 12.0. The van der Waals surface area contributed by atoms with E-state index in [1.165, 1.54) is 12.0 Å². The third-order valence-electron chi connectivity index (χ3n) is 5.10. The lowest BCUT2D eigenvalue weighted by atomic mass is 9.99. The van der Waals surface area contributed by atoms with Crippen molar-refractivity contribution in [2.45, 2.75) is 51.4 Å². The Bertz CT molecular complexity index is 687. The van der Waals surface area contributed by atoms with E-state index in [2.05, 4.69) is 17.4 Å². The number of aryl methyl sites for hydroxylation is 2. The van der Waals surface area contributed by atoms with E-state index in [1.807, 2.05) is 0 Å². The average Bonchev–Trinajstić information content (AvgIpc) is 2.98. The van der Waals surface area contributed by atoms with Crippen molar-refractivity contribution in [1.29, 1.82) is 0 Å². The molecule has 1 amide bonds. The molecule has 3 heterocycles. The summed E-state index contributed by atoms with van der Waals surface area (Å²) < 4.78 is 0. The molecule has 1 aromatic heterocycles. The van der Waals surface area contributed by atoms with Gasteiger partial charge in [0.15, 0.2) is 0 Å². The molecule has 6 heteroatoms. The highest BCUT2D eigenvalue weighted by Gasteiger charge is 2.29. The van der Waals surface area contributed by atoms with Crippen molar-refractivity contribution in [2.75, 3.05) is 18.4 Å². The molecule has 1 saturated heterocycles. The van der Waals surface area contributed by atoms with Crippen molar-refractivity contribution in [3.05, 3.63) is 35.7 Å². The predicted molar refractivity (Wildman–Crippen MR) is 99.8 cm³/mol. The van der Waals surface area contributed by atoms with Crippen LogP contribution in [0.15, 0.2) is 24.4 Å². The molecule has 3 rings (SSSR count). The number of carbonyl (C=O) groups excluding carboxylic acids is 1. The van der Waals surface area contributed by atoms with Gasteiger partial charge in [-0.1, -0.05) is 12.1 Å². The minimum atomic E-state index is -0.814. The molecule has 1 atom stereocenters. The van der Waals surface area contributed by atoms with Gasteiger partial charge in [-0.3, -0.25) is 9.59 Å². The van der Waals surface area contributed by atoms with Crippen LogP contribution in [0.2, 0.25) is 0 Å². The second-order valence-electron chi connectivity index (χ2n) is 7.07. The number of carbonyl (C=O) groups is 2. The molecule has 140 valence electrons. The standard InChI is InChI=1S/C20H27N3O3/c24-18(25)8-1-2-13-23-14-11-16(20(23)26)5-3-7-17-10-9-15-6-4-12-21-19(15)22-17/h2,9-10,13,16H,1,3-8,11-12,14H2,(H,21,22)(H,24,25)/t16-/m0/s1. The summed E-state index contributed by atoms with van der Waals surface area (Å²) in [6, 6.07) is 4.29. The van der Waals surface area contributed by atoms with E-state index in [9.17, 15) is 9.59 Å². The number of nitrogens with zero attached hydrogens (tertiary/aromatic N) is 2. The van der Waals surface area contributed by atoms with Crippen LogP contribution in [-0.2, 0) is 22.4 Å². The zero-order valence-corrected chi connectivity index (χ0v) is 15.1. The Morgan fingerprint density at radius 2 is 2.31 bits per heavy atom. The molecule has 2 N–H and O–H groups in total. The lowest BCUT2D eigenvalue weighted by Gasteiger charge is -2.17. The molecule has 0 unspecified atom stereocenters. The molecular weight excluding hydrogens is 330 g/mol. The van der Waals surface area contributed by atoms with Gasteiger partial charge in [-0.05, 0) is 56.6 Å². The zero-order chi connectivity index (χ0) is 18.4. The lowest BCUT2D eigenvalue weighted by molar-refractivity contribution is -0.136. The molecule has 0 aliphatic carbocycles. The maximum atomic E-state index is 12.4. The maximum Gasteiger partial charge on any atom is 0.303 e. The van der Waals surface area contributed by atoms with Gasteiger partial charge >= 0.3 is 5.97 Å². The number of likely N-dealkylation sites (tertiary alicyclic amines) is 1. The zero-order valence-electron chi connectivity index (χ0n) is 15.1. The van der Waals surface area contributed by atoms with Crippen LogP contribution in [0.4, 0.5) is 5.82 Å². The summed E-state index contributed by atoms with van der Waals surface area (Å²) >= 11 is 0. The third-order valence-corrected chi connectivity index (χ3v) is 5.10. The van der Waals surface area contributed by atoms with E-state index in [1.54, 1.807) is 17.2 Å². The van der Waals surface area contributed by atoms with Crippen molar-refractivity contribution < 1.29 is 14.7 Å². The van der Waals surface area contributed by atoms with Crippen LogP contribution in [0.25, 0.3) is 0 Å². The number of pyridine rings is 1. The number of allylic oxidation sites excluding steroid dienone is 1. The van der Waals surface area contributed by atoms with Gasteiger partial charge in [-0.15, -0.1) is 0 Å². The monoisotopic (exact) mass is 357 g/mol. The SMILES string of the molecule is O=C(O)CCC=CN1CC[C@H](CCCc2ccc3c(n2)NCCC3)C1=O. The summed E-state index contributed by atoms with van der Waals surface area (Å²) in [5.41, 5.74) is 2.39. The molecule has 2 aliphatic heterocycles. The number of fused-ring (bicyclic) bond motifs is 1. The largest absolute Gasteiger partial charge is 0.481 e. The molecule has 6 nitrogen and oxygen atoms in total. The van der Waals surface area contributed by atoms with Crippen LogP contribution in [0.1, 0.15) is 49.8 Å². The highest BCUT2D eigenvalue weighted by molar-refractivity contribution is 5.81. The molecular formula is C20H27N3O3. The van der Waals surface area contributed by atoms with Crippen LogP contribution in [0.3, 0.4) is 0 Å². The molecule has 1 aromatic rings. The number of hydrogen-bond donors (Lipinski definition) is 2. The minimum Gasteiger partial charge on any atom is -0.481 e. The first-order valence-corrected chi connectivity index (χ1v) is 9.55. The molecule has 1 fully saturated rings. The Morgan fingerprint density at radius 3 is 3.15 bits per heavy atom. The quantitative estimate of drug-likeness (QED) is 0.747. The van der Waals surface area contributed by atoms with Gasteiger partial charge in [0.1, 0.15) is 5.82 Å². The van der Waals surface area contributed by atoms with Crippen molar-refractivity contribution >= 4 is 17.7 Å². The Balaban J connectivity index is 1.42. The van der Waals surface area contributed by atoms with Crippen LogP contribution in [0, 0.1) is 5.92 Å². The maximum absolute atomic E-state index is 12.4. The Labute approximate surface area is 154 Å². The Morgan fingerprint density at radius 1 is 1.42 bits per heavy atom. The Kier molecular flexibility index (Phi) is 6.26. The first-order valence-electron chi connectivity index (χ1n) is 9.55. The lowest BCUT2D eigenvalue weighted by Crippen LogP contribution is -2.22. The average molecular weight is 357 g/mol. The number of hydrogen-bond acceptors (Lipinski definition) is 4. The second kappa shape index (κ2) is 8.83. The highest BCUT2D eigenvalue weighted by Crippen LogP contribution is 2.25. The fourth-order valence-electron chi connectivity index (χ4n) is 3.63. The first kappa shape index (κ1) is 18.4. The van der Waals surface area contributed by atoms with E-state index >= 15 is 0 Å². The number of nitrogens with one attached hydrogen (secondary N) is 1. The summed E-state index contributed by atoms with van der Waals surface area (Å²) in [7, 11) is 0. The van der Waals surface area contributed by atoms with Crippen LogP contribution in [0.5, 0.6) is 0 Å². The number of aliphatic carboxylic acids is 1. The molecule has 26 heavy (non-hydrogen) atoms. The third kappa shape index (κ3) is 4.84. The number of carboxylic acid groups (broad SMARTS) is 1. The van der Waals surface area contributed by atoms with Gasteiger partial charge in [-0.2, -0.15) is 0 Å². The number of amides is 1. The second-order valence-corrected chi connectivity index (χ2v) is 7.07. The topological polar surface area (TPSA) is 82.5 Å². The van der Waals surface area contributed by atoms with Crippen molar-refractivity contribution in [1.82, 2.24) is 9.88 Å². The smallest absolute Gasteiger partial charge is 0.303 e. The van der Waals surface area contributed by atoms with Gasteiger partial charge in [0.05, 0.1) is 0 Å². The van der Waals surface area contributed by atoms with Crippen LogP contribution in [-0.4, -0.2) is 40.0 Å². The van der Waals surface area contributed by atoms with Crippen molar-refractivity contribution in [3.8, 4) is 0 Å². The molecule has 0 bridgehead atoms. The number of aromatic nitrogens is 1. The van der Waals surface area contributed by atoms with Gasteiger partial charge in [-0.25, -0.2) is 4.98 Å². The van der Waals surface area contributed by atoms with E-state index in [4.69, 9.17) is 10.1 Å². The van der Waals surface area contributed by atoms with Crippen molar-refractivity contribution in [2.24, 2.45) is 5.92 Å². The Hall–Kier alpha value is -2.37. The van der Waals surface area contributed by atoms with Crippen LogP contribution >= 0.6 is 0 Å². The van der Waals surface area contributed by atoms with E-state index in [-0.39, 0.29) is 18.2 Å². The first-order chi connectivity index (χ1) is 12.6. The van der Waals surface area contributed by atoms with Gasteiger partial charge in [0, 0.05) is 37.3 Å². The summed E-state index contributed by atoms with van der Waals surface area (Å²) in [6.45, 7) is 1.73. The predicted octanol–water partition coefficient (Wildman–Crippen LogP) is 2.99. The molecule has 0 saturated carbocycles.